The molecule has 2 heterocycles. The smallest absolute Gasteiger partial charge is 0.223 e. The third-order valence-corrected chi connectivity index (χ3v) is 6.85. The molecule has 1 aromatic heterocycles. The van der Waals surface area contributed by atoms with Crippen molar-refractivity contribution in [3.05, 3.63) is 46.3 Å². The van der Waals surface area contributed by atoms with Crippen molar-refractivity contribution in [3.63, 3.8) is 0 Å². The maximum Gasteiger partial charge on any atom is 0.223 e. The van der Waals surface area contributed by atoms with Crippen LogP contribution in [0.25, 0.3) is 0 Å². The molecule has 2 aromatic rings. The molecule has 1 saturated carbocycles. The molecule has 1 aliphatic carbocycles. The molecule has 0 bridgehead atoms. The van der Waals surface area contributed by atoms with E-state index in [0.717, 1.165) is 28.3 Å². The van der Waals surface area contributed by atoms with Crippen molar-refractivity contribution in [1.82, 2.24) is 10.1 Å². The molecule has 4 rings (SSSR count). The van der Waals surface area contributed by atoms with E-state index in [2.05, 4.69) is 23.4 Å². The van der Waals surface area contributed by atoms with Crippen molar-refractivity contribution in [2.24, 2.45) is 5.92 Å². The van der Waals surface area contributed by atoms with Crippen LogP contribution in [0.3, 0.4) is 0 Å². The molecular weight excluding hydrogens is 392 g/mol. The molecule has 31 heavy (non-hydrogen) atoms. The fourth-order valence-electron chi connectivity index (χ4n) is 5.09. The van der Waals surface area contributed by atoms with Gasteiger partial charge in [-0.15, -0.1) is 0 Å². The predicted molar refractivity (Wildman–Crippen MR) is 118 cm³/mol. The zero-order chi connectivity index (χ0) is 21.8. The van der Waals surface area contributed by atoms with Crippen LogP contribution in [-0.4, -0.2) is 36.2 Å². The van der Waals surface area contributed by atoms with Gasteiger partial charge >= 0.3 is 0 Å². The Bertz CT molecular complexity index is 881. The van der Waals surface area contributed by atoms with Crippen molar-refractivity contribution in [2.45, 2.75) is 71.4 Å². The Morgan fingerprint density at radius 2 is 2.06 bits per heavy atom. The van der Waals surface area contributed by atoms with E-state index in [4.69, 9.17) is 14.0 Å². The minimum Gasteiger partial charge on any atom is -0.491 e. The lowest BCUT2D eigenvalue weighted by Gasteiger charge is -2.30. The van der Waals surface area contributed by atoms with Gasteiger partial charge in [-0.2, -0.15) is 0 Å². The van der Waals surface area contributed by atoms with Crippen LogP contribution in [-0.2, 0) is 22.5 Å². The summed E-state index contributed by atoms with van der Waals surface area (Å²) in [6.07, 6.45) is 7.54. The fourth-order valence-corrected chi connectivity index (χ4v) is 5.09. The first-order valence-electron chi connectivity index (χ1n) is 11.5. The number of carbonyl (C=O) groups excluding carboxylic acids is 1. The number of rotatable bonds is 6. The van der Waals surface area contributed by atoms with Gasteiger partial charge in [-0.05, 0) is 56.7 Å². The zero-order valence-corrected chi connectivity index (χ0v) is 19.0. The lowest BCUT2D eigenvalue weighted by atomic mass is 9.82. The van der Waals surface area contributed by atoms with E-state index < -0.39 is 0 Å². The lowest BCUT2D eigenvalue weighted by molar-refractivity contribution is -0.131. The van der Waals surface area contributed by atoms with Crippen molar-refractivity contribution >= 4 is 5.91 Å². The summed E-state index contributed by atoms with van der Waals surface area (Å²) in [4.78, 5) is 14.9. The molecule has 0 spiro atoms. The number of carbonyl (C=O) groups is 1. The van der Waals surface area contributed by atoms with E-state index in [9.17, 15) is 4.79 Å². The normalized spacial score (nSPS) is 18.2. The van der Waals surface area contributed by atoms with Crippen LogP contribution in [0.1, 0.15) is 72.8 Å². The number of hydrogen-bond donors (Lipinski definition) is 0. The first kappa shape index (κ1) is 21.9. The second-order valence-electron chi connectivity index (χ2n) is 8.89. The first-order chi connectivity index (χ1) is 15.1. The summed E-state index contributed by atoms with van der Waals surface area (Å²) in [5.41, 5.74) is 4.17. The number of fused-ring (bicyclic) bond motifs is 1. The van der Waals surface area contributed by atoms with Gasteiger partial charge in [-0.3, -0.25) is 4.79 Å². The molecule has 2 aliphatic rings. The Morgan fingerprint density at radius 3 is 2.77 bits per heavy atom. The first-order valence-corrected chi connectivity index (χ1v) is 11.5. The van der Waals surface area contributed by atoms with E-state index in [1.54, 1.807) is 0 Å². The quantitative estimate of drug-likeness (QED) is 0.656. The Labute approximate surface area is 184 Å². The SMILES string of the molecule is COC(c1ccc2c(c1)CN(C(=O)CCc1c(C)noc1C)CCO2)C1CCCCC1. The number of amides is 1. The van der Waals surface area contributed by atoms with Gasteiger partial charge in [-0.1, -0.05) is 30.5 Å². The number of aryl methyl sites for hydroxylation is 2. The molecule has 0 radical (unpaired) electrons. The summed E-state index contributed by atoms with van der Waals surface area (Å²) in [6, 6.07) is 6.38. The van der Waals surface area contributed by atoms with Crippen molar-refractivity contribution in [3.8, 4) is 5.75 Å². The molecular formula is C25H34N2O4. The van der Waals surface area contributed by atoms with Gasteiger partial charge < -0.3 is 18.9 Å². The van der Waals surface area contributed by atoms with E-state index >= 15 is 0 Å². The van der Waals surface area contributed by atoms with Gasteiger partial charge in [-0.25, -0.2) is 0 Å². The van der Waals surface area contributed by atoms with E-state index in [1.807, 2.05) is 25.9 Å². The average molecular weight is 427 g/mol. The largest absolute Gasteiger partial charge is 0.491 e. The highest BCUT2D eigenvalue weighted by Gasteiger charge is 2.27. The van der Waals surface area contributed by atoms with Crippen LogP contribution in [0, 0.1) is 19.8 Å². The molecule has 0 N–H and O–H groups in total. The highest BCUT2D eigenvalue weighted by molar-refractivity contribution is 5.76. The number of ether oxygens (including phenoxy) is 2. The summed E-state index contributed by atoms with van der Waals surface area (Å²) in [6.45, 7) is 5.51. The number of methoxy groups -OCH3 is 1. The Hall–Kier alpha value is -2.34. The highest BCUT2D eigenvalue weighted by Crippen LogP contribution is 2.38. The van der Waals surface area contributed by atoms with Crippen LogP contribution in [0.5, 0.6) is 5.75 Å². The Morgan fingerprint density at radius 1 is 1.26 bits per heavy atom. The van der Waals surface area contributed by atoms with Crippen molar-refractivity contribution < 1.29 is 18.8 Å². The molecule has 6 heteroatoms. The summed E-state index contributed by atoms with van der Waals surface area (Å²) < 4.78 is 17.1. The highest BCUT2D eigenvalue weighted by atomic mass is 16.5. The summed E-state index contributed by atoms with van der Waals surface area (Å²) in [7, 11) is 1.81. The number of aromatic nitrogens is 1. The average Bonchev–Trinajstić information content (AvgIpc) is 2.98. The maximum atomic E-state index is 13.0. The van der Waals surface area contributed by atoms with Gasteiger partial charge in [0.05, 0.1) is 18.3 Å². The second kappa shape index (κ2) is 9.86. The van der Waals surface area contributed by atoms with Gasteiger partial charge in [0.2, 0.25) is 5.91 Å². The monoisotopic (exact) mass is 426 g/mol. The summed E-state index contributed by atoms with van der Waals surface area (Å²) >= 11 is 0. The van der Waals surface area contributed by atoms with Crippen molar-refractivity contribution in [1.29, 1.82) is 0 Å². The summed E-state index contributed by atoms with van der Waals surface area (Å²) in [5, 5.41) is 3.99. The minimum atomic E-state index is 0.109. The lowest BCUT2D eigenvalue weighted by Crippen LogP contribution is -2.32. The predicted octanol–water partition coefficient (Wildman–Crippen LogP) is 4.91. The van der Waals surface area contributed by atoms with Crippen LogP contribution >= 0.6 is 0 Å². The Kier molecular flexibility index (Phi) is 6.96. The zero-order valence-electron chi connectivity index (χ0n) is 19.0. The molecule has 1 atom stereocenters. The minimum absolute atomic E-state index is 0.109. The van der Waals surface area contributed by atoms with Crippen LogP contribution in [0.4, 0.5) is 0 Å². The number of hydrogen-bond acceptors (Lipinski definition) is 5. The van der Waals surface area contributed by atoms with E-state index in [-0.39, 0.29) is 12.0 Å². The standard InChI is InChI=1S/C25H34N2O4/c1-17-22(18(2)31-26-17)10-12-24(28)27-13-14-30-23-11-9-20(15-21(23)16-27)25(29-3)19-7-5-4-6-8-19/h9,11,15,19,25H,4-8,10,12-14,16H2,1-3H3. The van der Waals surface area contributed by atoms with Gasteiger partial charge in [0.25, 0.3) is 0 Å². The van der Waals surface area contributed by atoms with Gasteiger partial charge in [0.15, 0.2) is 0 Å². The molecule has 168 valence electrons. The van der Waals surface area contributed by atoms with Crippen LogP contribution in [0.15, 0.2) is 22.7 Å². The third-order valence-electron chi connectivity index (χ3n) is 6.85. The van der Waals surface area contributed by atoms with Crippen LogP contribution < -0.4 is 4.74 Å². The molecule has 1 aromatic carbocycles. The van der Waals surface area contributed by atoms with Gasteiger partial charge in [0, 0.05) is 31.2 Å². The molecule has 1 fully saturated rings. The third kappa shape index (κ3) is 4.95. The van der Waals surface area contributed by atoms with Gasteiger partial charge in [0.1, 0.15) is 18.1 Å². The maximum absolute atomic E-state index is 13.0. The molecule has 1 aliphatic heterocycles. The molecule has 6 nitrogen and oxygen atoms in total. The Balaban J connectivity index is 1.46. The summed E-state index contributed by atoms with van der Waals surface area (Å²) in [5.74, 6) is 2.38. The molecule has 1 unspecified atom stereocenters. The van der Waals surface area contributed by atoms with E-state index in [1.165, 1.54) is 37.7 Å². The number of nitrogens with zero attached hydrogens (tertiary/aromatic N) is 2. The van der Waals surface area contributed by atoms with Crippen LogP contribution in [0.2, 0.25) is 0 Å². The number of benzene rings is 1. The second-order valence-corrected chi connectivity index (χ2v) is 8.89. The van der Waals surface area contributed by atoms with E-state index in [0.29, 0.717) is 38.5 Å². The fraction of sp³-hybridized carbons (Fsp3) is 0.600. The molecule has 1 amide bonds. The molecule has 0 saturated heterocycles. The van der Waals surface area contributed by atoms with Crippen molar-refractivity contribution in [2.75, 3.05) is 20.3 Å². The topological polar surface area (TPSA) is 64.8 Å².